The Bertz CT molecular complexity index is 1050. The molecule has 1 amide bonds. The van der Waals surface area contributed by atoms with E-state index in [-0.39, 0.29) is 29.8 Å². The lowest BCUT2D eigenvalue weighted by molar-refractivity contribution is -0.137. The number of piperazine rings is 1. The number of carbonyl (C=O) groups excluding carboxylic acids is 1. The third kappa shape index (κ3) is 4.71. The molecule has 2 fully saturated rings. The molecule has 0 atom stereocenters. The second-order valence-electron chi connectivity index (χ2n) is 7.90. The Balaban J connectivity index is 1.32. The molecule has 0 bridgehead atoms. The summed E-state index contributed by atoms with van der Waals surface area (Å²) in [6.07, 6.45) is 0.891. The van der Waals surface area contributed by atoms with Gasteiger partial charge in [-0.3, -0.25) is 4.79 Å². The summed E-state index contributed by atoms with van der Waals surface area (Å²) in [5.74, 6) is -0.878. The highest BCUT2D eigenvalue weighted by atomic mass is 35.5. The molecule has 0 radical (unpaired) electrons. The van der Waals surface area contributed by atoms with Crippen molar-refractivity contribution in [1.29, 1.82) is 0 Å². The van der Waals surface area contributed by atoms with Crippen LogP contribution in [0.25, 0.3) is 0 Å². The van der Waals surface area contributed by atoms with Gasteiger partial charge in [0.2, 0.25) is 15.9 Å². The van der Waals surface area contributed by atoms with Gasteiger partial charge in [0, 0.05) is 55.9 Å². The Morgan fingerprint density at radius 1 is 0.935 bits per heavy atom. The molecular formula is C22H25ClFN3O3S. The highest BCUT2D eigenvalue weighted by molar-refractivity contribution is 7.89. The van der Waals surface area contributed by atoms with Crippen molar-refractivity contribution in [3.05, 3.63) is 59.4 Å². The van der Waals surface area contributed by atoms with Gasteiger partial charge >= 0.3 is 0 Å². The molecule has 31 heavy (non-hydrogen) atoms. The summed E-state index contributed by atoms with van der Waals surface area (Å²) in [5, 5.41) is 0.688. The van der Waals surface area contributed by atoms with Gasteiger partial charge in [0.1, 0.15) is 10.7 Å². The van der Waals surface area contributed by atoms with Gasteiger partial charge in [-0.25, -0.2) is 12.8 Å². The number of anilines is 1. The van der Waals surface area contributed by atoms with E-state index in [1.165, 1.54) is 22.5 Å². The average Bonchev–Trinajstić information content (AvgIpc) is 2.79. The fourth-order valence-corrected chi connectivity index (χ4v) is 5.97. The van der Waals surface area contributed by atoms with Gasteiger partial charge in [-0.2, -0.15) is 4.31 Å². The number of benzene rings is 2. The van der Waals surface area contributed by atoms with Gasteiger partial charge in [0.25, 0.3) is 0 Å². The van der Waals surface area contributed by atoms with Gasteiger partial charge < -0.3 is 9.80 Å². The lowest BCUT2D eigenvalue weighted by Crippen LogP contribution is -2.52. The molecular weight excluding hydrogens is 441 g/mol. The van der Waals surface area contributed by atoms with Crippen molar-refractivity contribution in [1.82, 2.24) is 9.21 Å². The van der Waals surface area contributed by atoms with Crippen molar-refractivity contribution in [2.45, 2.75) is 17.7 Å². The first-order chi connectivity index (χ1) is 14.9. The van der Waals surface area contributed by atoms with Gasteiger partial charge in [-0.05, 0) is 43.2 Å². The van der Waals surface area contributed by atoms with Crippen molar-refractivity contribution in [3.8, 4) is 0 Å². The molecule has 9 heteroatoms. The number of nitrogens with zero attached hydrogens (tertiary/aromatic N) is 3. The van der Waals surface area contributed by atoms with Crippen LogP contribution in [0.2, 0.25) is 5.02 Å². The van der Waals surface area contributed by atoms with Crippen molar-refractivity contribution in [2.24, 2.45) is 5.92 Å². The molecule has 166 valence electrons. The number of amides is 1. The zero-order valence-electron chi connectivity index (χ0n) is 17.1. The molecule has 4 rings (SSSR count). The standard InChI is InChI=1S/C22H25ClFN3O3S/c23-18-4-3-5-19(16-18)25-12-14-26(15-13-25)22(28)17-8-10-27(11-9-17)31(29,30)21-7-2-1-6-20(21)24/h1-7,16-17H,8-15H2. The maximum atomic E-state index is 14.0. The van der Waals surface area contributed by atoms with E-state index in [0.29, 0.717) is 31.0 Å². The summed E-state index contributed by atoms with van der Waals surface area (Å²) >= 11 is 6.08. The Morgan fingerprint density at radius 3 is 2.26 bits per heavy atom. The van der Waals surface area contributed by atoms with Crippen LogP contribution in [0.4, 0.5) is 10.1 Å². The molecule has 0 aromatic heterocycles. The summed E-state index contributed by atoms with van der Waals surface area (Å²) in [4.78, 5) is 16.8. The Hall–Kier alpha value is -2.16. The Kier molecular flexibility index (Phi) is 6.50. The molecule has 2 aliphatic heterocycles. The third-order valence-electron chi connectivity index (χ3n) is 6.02. The second kappa shape index (κ2) is 9.14. The number of piperidine rings is 1. The van der Waals surface area contributed by atoms with Crippen LogP contribution in [0.3, 0.4) is 0 Å². The second-order valence-corrected chi connectivity index (χ2v) is 10.2. The molecule has 2 aromatic carbocycles. The molecule has 0 aliphatic carbocycles. The van der Waals surface area contributed by atoms with Crippen LogP contribution in [-0.4, -0.2) is 62.8 Å². The summed E-state index contributed by atoms with van der Waals surface area (Å²) in [6.45, 7) is 3.14. The normalized spacial score (nSPS) is 18.9. The first-order valence-electron chi connectivity index (χ1n) is 10.4. The minimum atomic E-state index is -3.89. The zero-order chi connectivity index (χ0) is 22.0. The van der Waals surface area contributed by atoms with Gasteiger partial charge in [-0.15, -0.1) is 0 Å². The van der Waals surface area contributed by atoms with Gasteiger partial charge in [0.05, 0.1) is 0 Å². The smallest absolute Gasteiger partial charge is 0.245 e. The number of carbonyl (C=O) groups is 1. The van der Waals surface area contributed by atoms with Crippen LogP contribution in [-0.2, 0) is 14.8 Å². The van der Waals surface area contributed by atoms with E-state index in [1.807, 2.05) is 29.2 Å². The van der Waals surface area contributed by atoms with Crippen LogP contribution >= 0.6 is 11.6 Å². The summed E-state index contributed by atoms with van der Waals surface area (Å²) in [5.41, 5.74) is 1.05. The average molecular weight is 466 g/mol. The van der Waals surface area contributed by atoms with Crippen LogP contribution in [0, 0.1) is 11.7 Å². The highest BCUT2D eigenvalue weighted by Gasteiger charge is 2.35. The van der Waals surface area contributed by atoms with Crippen LogP contribution in [0.5, 0.6) is 0 Å². The van der Waals surface area contributed by atoms with Crippen molar-refractivity contribution >= 4 is 33.2 Å². The first kappa shape index (κ1) is 22.0. The van der Waals surface area contributed by atoms with Crippen LogP contribution in [0.15, 0.2) is 53.4 Å². The monoisotopic (exact) mass is 465 g/mol. The number of rotatable bonds is 4. The minimum absolute atomic E-state index is 0.0775. The molecule has 0 unspecified atom stereocenters. The first-order valence-corrected chi connectivity index (χ1v) is 12.2. The molecule has 6 nitrogen and oxygen atoms in total. The molecule has 2 aliphatic rings. The maximum absolute atomic E-state index is 14.0. The summed E-state index contributed by atoms with van der Waals surface area (Å²) in [6, 6.07) is 13.1. The third-order valence-corrected chi connectivity index (χ3v) is 8.19. The number of halogens is 2. The Morgan fingerprint density at radius 2 is 1.61 bits per heavy atom. The van der Waals surface area contributed by atoms with E-state index < -0.39 is 15.8 Å². The van der Waals surface area contributed by atoms with E-state index in [1.54, 1.807) is 0 Å². The Labute approximate surface area is 187 Å². The summed E-state index contributed by atoms with van der Waals surface area (Å²) < 4.78 is 40.8. The van der Waals surface area contributed by atoms with E-state index >= 15 is 0 Å². The van der Waals surface area contributed by atoms with Gasteiger partial charge in [0.15, 0.2) is 0 Å². The largest absolute Gasteiger partial charge is 0.368 e. The molecule has 2 aromatic rings. The summed E-state index contributed by atoms with van der Waals surface area (Å²) in [7, 11) is -3.89. The van der Waals surface area contributed by atoms with Crippen molar-refractivity contribution in [2.75, 3.05) is 44.2 Å². The van der Waals surface area contributed by atoms with Crippen LogP contribution < -0.4 is 4.90 Å². The number of hydrogen-bond acceptors (Lipinski definition) is 4. The molecule has 0 N–H and O–H groups in total. The lowest BCUT2D eigenvalue weighted by atomic mass is 9.96. The number of hydrogen-bond donors (Lipinski definition) is 0. The van der Waals surface area contributed by atoms with Gasteiger partial charge in [-0.1, -0.05) is 29.8 Å². The molecule has 0 saturated carbocycles. The van der Waals surface area contributed by atoms with E-state index in [2.05, 4.69) is 4.90 Å². The topological polar surface area (TPSA) is 60.9 Å². The van der Waals surface area contributed by atoms with Crippen molar-refractivity contribution in [3.63, 3.8) is 0 Å². The van der Waals surface area contributed by atoms with E-state index in [0.717, 1.165) is 24.8 Å². The van der Waals surface area contributed by atoms with Crippen molar-refractivity contribution < 1.29 is 17.6 Å². The molecule has 2 heterocycles. The lowest BCUT2D eigenvalue weighted by Gasteiger charge is -2.39. The predicted molar refractivity (Wildman–Crippen MR) is 118 cm³/mol. The van der Waals surface area contributed by atoms with Crippen LogP contribution in [0.1, 0.15) is 12.8 Å². The predicted octanol–water partition coefficient (Wildman–Crippen LogP) is 3.23. The zero-order valence-corrected chi connectivity index (χ0v) is 18.7. The van der Waals surface area contributed by atoms with E-state index in [9.17, 15) is 17.6 Å². The highest BCUT2D eigenvalue weighted by Crippen LogP contribution is 2.27. The van der Waals surface area contributed by atoms with E-state index in [4.69, 9.17) is 11.6 Å². The fourth-order valence-electron chi connectivity index (χ4n) is 4.25. The maximum Gasteiger partial charge on any atom is 0.245 e. The fraction of sp³-hybridized carbons (Fsp3) is 0.409. The SMILES string of the molecule is O=C(C1CCN(S(=O)(=O)c2ccccc2F)CC1)N1CCN(c2cccc(Cl)c2)CC1. The quantitative estimate of drug-likeness (QED) is 0.695. The molecule has 0 spiro atoms. The number of sulfonamides is 1. The molecule has 2 saturated heterocycles. The minimum Gasteiger partial charge on any atom is -0.368 e.